The zero-order valence-electron chi connectivity index (χ0n) is 15.8. The molecule has 0 unspecified atom stereocenters. The number of unbranched alkanes of at least 4 members (excludes halogenated alkanes) is 6. The summed E-state index contributed by atoms with van der Waals surface area (Å²) >= 11 is 2.09. The molecular weight excluding hydrogens is 296 g/mol. The van der Waals surface area contributed by atoms with Gasteiger partial charge in [-0.15, -0.1) is 0 Å². The predicted octanol–water partition coefficient (Wildman–Crippen LogP) is 7.87. The summed E-state index contributed by atoms with van der Waals surface area (Å²) in [5, 5.41) is 0. The van der Waals surface area contributed by atoms with Gasteiger partial charge in [0.05, 0.1) is 0 Å². The zero-order valence-corrected chi connectivity index (χ0v) is 16.6. The summed E-state index contributed by atoms with van der Waals surface area (Å²) in [5.74, 6) is 2.47. The van der Waals surface area contributed by atoms with Crippen LogP contribution in [0.1, 0.15) is 90.5 Å². The minimum atomic E-state index is 0.538. The third-order valence-electron chi connectivity index (χ3n) is 4.71. The van der Waals surface area contributed by atoms with E-state index in [9.17, 15) is 0 Å². The second-order valence-electron chi connectivity index (χ2n) is 7.68. The van der Waals surface area contributed by atoms with Gasteiger partial charge in [-0.1, -0.05) is 96.0 Å². The molecule has 0 bridgehead atoms. The molecule has 0 aliphatic rings. The first-order valence-electron chi connectivity index (χ1n) is 9.76. The molecule has 0 radical (unpaired) electrons. The molecule has 0 heterocycles. The Morgan fingerprint density at radius 2 is 1.39 bits per heavy atom. The smallest absolute Gasteiger partial charge is 0.0184 e. The van der Waals surface area contributed by atoms with E-state index in [2.05, 4.69) is 62.9 Å². The highest BCUT2D eigenvalue weighted by Crippen LogP contribution is 2.30. The van der Waals surface area contributed by atoms with Crippen molar-refractivity contribution < 1.29 is 0 Å². The van der Waals surface area contributed by atoms with Crippen molar-refractivity contribution >= 4 is 11.8 Å². The van der Waals surface area contributed by atoms with Crippen LogP contribution in [0.25, 0.3) is 0 Å². The standard InChI is InChI=1S/C22H38S/c1-4-5-6-7-8-9-13-17-22(2,3)18-14-19-23-20-21-15-11-10-12-16-21/h10-12,15-16H,4-9,13-14,17-20H2,1-3H3. The number of hydrogen-bond acceptors (Lipinski definition) is 1. The van der Waals surface area contributed by atoms with E-state index >= 15 is 0 Å². The van der Waals surface area contributed by atoms with Crippen LogP contribution in [0.5, 0.6) is 0 Å². The highest BCUT2D eigenvalue weighted by molar-refractivity contribution is 7.98. The summed E-state index contributed by atoms with van der Waals surface area (Å²) in [5.41, 5.74) is 2.00. The van der Waals surface area contributed by atoms with Crippen LogP contribution in [0, 0.1) is 5.41 Å². The molecule has 1 aromatic carbocycles. The molecule has 0 spiro atoms. The highest BCUT2D eigenvalue weighted by atomic mass is 32.2. The first-order valence-corrected chi connectivity index (χ1v) is 10.9. The van der Waals surface area contributed by atoms with E-state index in [-0.39, 0.29) is 0 Å². The molecule has 1 aromatic rings. The van der Waals surface area contributed by atoms with Crippen molar-refractivity contribution in [2.45, 2.75) is 90.7 Å². The molecule has 0 aromatic heterocycles. The van der Waals surface area contributed by atoms with Crippen molar-refractivity contribution in [1.29, 1.82) is 0 Å². The van der Waals surface area contributed by atoms with E-state index in [4.69, 9.17) is 0 Å². The van der Waals surface area contributed by atoms with Crippen LogP contribution >= 0.6 is 11.8 Å². The van der Waals surface area contributed by atoms with Crippen LogP contribution < -0.4 is 0 Å². The lowest BCUT2D eigenvalue weighted by atomic mass is 9.82. The molecule has 0 N–H and O–H groups in total. The van der Waals surface area contributed by atoms with Crippen molar-refractivity contribution in [1.82, 2.24) is 0 Å². The number of benzene rings is 1. The van der Waals surface area contributed by atoms with Crippen molar-refractivity contribution in [2.75, 3.05) is 5.75 Å². The van der Waals surface area contributed by atoms with Crippen molar-refractivity contribution in [3.05, 3.63) is 35.9 Å². The Labute approximate surface area is 149 Å². The van der Waals surface area contributed by atoms with Gasteiger partial charge in [0.15, 0.2) is 0 Å². The molecular formula is C22H38S. The Morgan fingerprint density at radius 1 is 0.783 bits per heavy atom. The molecule has 0 amide bonds. The Bertz CT molecular complexity index is 369. The van der Waals surface area contributed by atoms with E-state index < -0.39 is 0 Å². The fourth-order valence-electron chi connectivity index (χ4n) is 3.10. The van der Waals surface area contributed by atoms with Gasteiger partial charge in [-0.3, -0.25) is 0 Å². The van der Waals surface area contributed by atoms with Gasteiger partial charge in [0.25, 0.3) is 0 Å². The van der Waals surface area contributed by atoms with E-state index in [1.54, 1.807) is 0 Å². The second kappa shape index (κ2) is 12.9. The van der Waals surface area contributed by atoms with Gasteiger partial charge in [-0.25, -0.2) is 0 Å². The summed E-state index contributed by atoms with van der Waals surface area (Å²) in [6.07, 6.45) is 14.1. The molecule has 0 aliphatic heterocycles. The van der Waals surface area contributed by atoms with Gasteiger partial charge in [-0.2, -0.15) is 11.8 Å². The van der Waals surface area contributed by atoms with Gasteiger partial charge < -0.3 is 0 Å². The van der Waals surface area contributed by atoms with Gasteiger partial charge in [0.2, 0.25) is 0 Å². The van der Waals surface area contributed by atoms with Crippen LogP contribution in [0.2, 0.25) is 0 Å². The van der Waals surface area contributed by atoms with Gasteiger partial charge in [0, 0.05) is 5.75 Å². The topological polar surface area (TPSA) is 0 Å². The molecule has 0 nitrogen and oxygen atoms in total. The maximum Gasteiger partial charge on any atom is 0.0184 e. The summed E-state index contributed by atoms with van der Waals surface area (Å²) in [6.45, 7) is 7.22. The summed E-state index contributed by atoms with van der Waals surface area (Å²) in [6, 6.07) is 10.8. The van der Waals surface area contributed by atoms with Crippen LogP contribution in [-0.4, -0.2) is 5.75 Å². The lowest BCUT2D eigenvalue weighted by molar-refractivity contribution is 0.292. The van der Waals surface area contributed by atoms with E-state index in [0.717, 1.165) is 0 Å². The normalized spacial score (nSPS) is 11.8. The Hall–Kier alpha value is -0.430. The van der Waals surface area contributed by atoms with Crippen LogP contribution in [0.4, 0.5) is 0 Å². The summed E-state index contributed by atoms with van der Waals surface area (Å²) in [4.78, 5) is 0. The minimum Gasteiger partial charge on any atom is -0.157 e. The molecule has 1 rings (SSSR count). The number of thioether (sulfide) groups is 1. The van der Waals surface area contributed by atoms with Crippen LogP contribution in [-0.2, 0) is 5.75 Å². The maximum atomic E-state index is 2.46. The largest absolute Gasteiger partial charge is 0.157 e. The van der Waals surface area contributed by atoms with Crippen molar-refractivity contribution in [3.8, 4) is 0 Å². The summed E-state index contributed by atoms with van der Waals surface area (Å²) < 4.78 is 0. The van der Waals surface area contributed by atoms with Gasteiger partial charge >= 0.3 is 0 Å². The van der Waals surface area contributed by atoms with Crippen LogP contribution in [0.3, 0.4) is 0 Å². The van der Waals surface area contributed by atoms with Crippen LogP contribution in [0.15, 0.2) is 30.3 Å². The SMILES string of the molecule is CCCCCCCCCC(C)(C)CCCSCc1ccccc1. The minimum absolute atomic E-state index is 0.538. The fraction of sp³-hybridized carbons (Fsp3) is 0.727. The number of hydrogen-bond donors (Lipinski definition) is 0. The first-order chi connectivity index (χ1) is 11.1. The molecule has 0 fully saturated rings. The molecule has 0 saturated heterocycles. The Morgan fingerprint density at radius 3 is 2.09 bits per heavy atom. The maximum absolute atomic E-state index is 2.46. The average molecular weight is 335 g/mol. The molecule has 1 heteroatoms. The first kappa shape index (κ1) is 20.6. The molecule has 23 heavy (non-hydrogen) atoms. The monoisotopic (exact) mass is 334 g/mol. The Kier molecular flexibility index (Phi) is 11.6. The molecule has 132 valence electrons. The van der Waals surface area contributed by atoms with E-state index in [0.29, 0.717) is 5.41 Å². The quantitative estimate of drug-likeness (QED) is 0.312. The van der Waals surface area contributed by atoms with Crippen molar-refractivity contribution in [3.63, 3.8) is 0 Å². The van der Waals surface area contributed by atoms with Gasteiger partial charge in [-0.05, 0) is 36.0 Å². The zero-order chi connectivity index (χ0) is 16.8. The molecule has 0 atom stereocenters. The molecule has 0 aliphatic carbocycles. The third-order valence-corrected chi connectivity index (χ3v) is 5.83. The molecule has 0 saturated carbocycles. The van der Waals surface area contributed by atoms with Gasteiger partial charge in [0.1, 0.15) is 0 Å². The number of rotatable bonds is 14. The van der Waals surface area contributed by atoms with E-state index in [1.807, 2.05) is 0 Å². The van der Waals surface area contributed by atoms with E-state index in [1.165, 1.54) is 81.3 Å². The fourth-order valence-corrected chi connectivity index (χ4v) is 4.02. The lowest BCUT2D eigenvalue weighted by Crippen LogP contribution is -2.11. The Balaban J connectivity index is 1.97. The lowest BCUT2D eigenvalue weighted by Gasteiger charge is -2.24. The average Bonchev–Trinajstić information content (AvgIpc) is 2.54. The summed E-state index contributed by atoms with van der Waals surface area (Å²) in [7, 11) is 0. The predicted molar refractivity (Wildman–Crippen MR) is 108 cm³/mol. The van der Waals surface area contributed by atoms with Crippen molar-refractivity contribution in [2.24, 2.45) is 5.41 Å². The third kappa shape index (κ3) is 11.7. The second-order valence-corrected chi connectivity index (χ2v) is 8.78. The highest BCUT2D eigenvalue weighted by Gasteiger charge is 2.16.